The summed E-state index contributed by atoms with van der Waals surface area (Å²) in [5.74, 6) is 0.343. The van der Waals surface area contributed by atoms with Crippen molar-refractivity contribution >= 4 is 17.4 Å². The van der Waals surface area contributed by atoms with E-state index in [-0.39, 0.29) is 17.7 Å². The summed E-state index contributed by atoms with van der Waals surface area (Å²) in [4.78, 5) is 27.6. The third-order valence-corrected chi connectivity index (χ3v) is 5.18. The van der Waals surface area contributed by atoms with Crippen LogP contribution in [0, 0.1) is 0 Å². The van der Waals surface area contributed by atoms with Gasteiger partial charge in [0.05, 0.1) is 18.7 Å². The number of benzene rings is 2. The average Bonchev–Trinajstić information content (AvgIpc) is 2.80. The highest BCUT2D eigenvalue weighted by Crippen LogP contribution is 2.24. The molecule has 2 rings (SSSR count). The summed E-state index contributed by atoms with van der Waals surface area (Å²) in [5.41, 5.74) is 1.89. The molecule has 2 aromatic rings. The molecular weight excluding hydrogens is 378 g/mol. The molecule has 0 saturated carbocycles. The second-order valence-corrected chi connectivity index (χ2v) is 7.03. The molecule has 162 valence electrons. The largest absolute Gasteiger partial charge is 0.496 e. The Morgan fingerprint density at radius 3 is 2.33 bits per heavy atom. The van der Waals surface area contributed by atoms with Crippen molar-refractivity contribution in [3.8, 4) is 5.75 Å². The van der Waals surface area contributed by atoms with Crippen LogP contribution < -0.4 is 15.4 Å². The van der Waals surface area contributed by atoms with Crippen LogP contribution in [0.4, 0.5) is 5.69 Å². The second-order valence-electron chi connectivity index (χ2n) is 7.03. The zero-order valence-electron chi connectivity index (χ0n) is 18.4. The first kappa shape index (κ1) is 23.4. The molecule has 6 heteroatoms. The molecule has 2 N–H and O–H groups in total. The van der Waals surface area contributed by atoms with E-state index in [0.29, 0.717) is 29.8 Å². The van der Waals surface area contributed by atoms with Crippen LogP contribution in [-0.4, -0.2) is 55.9 Å². The number of likely N-dealkylation sites (N-methyl/N-ethyl adjacent to an activating group) is 1. The Hall–Kier alpha value is -2.86. The number of carbonyl (C=O) groups is 2. The van der Waals surface area contributed by atoms with Gasteiger partial charge in [-0.05, 0) is 31.6 Å². The third kappa shape index (κ3) is 6.32. The van der Waals surface area contributed by atoms with Crippen molar-refractivity contribution in [2.75, 3.05) is 38.6 Å². The van der Waals surface area contributed by atoms with Gasteiger partial charge in [-0.3, -0.25) is 9.59 Å². The number of methoxy groups -OCH3 is 1. The van der Waals surface area contributed by atoms with E-state index in [1.807, 2.05) is 43.3 Å². The van der Waals surface area contributed by atoms with Crippen molar-refractivity contribution in [3.63, 3.8) is 0 Å². The van der Waals surface area contributed by atoms with E-state index < -0.39 is 0 Å². The van der Waals surface area contributed by atoms with Crippen LogP contribution in [0.2, 0.25) is 0 Å². The molecule has 0 aliphatic carbocycles. The van der Waals surface area contributed by atoms with Gasteiger partial charge in [-0.1, -0.05) is 51.1 Å². The van der Waals surface area contributed by atoms with E-state index in [1.54, 1.807) is 12.1 Å². The lowest BCUT2D eigenvalue weighted by molar-refractivity contribution is 0.0943. The van der Waals surface area contributed by atoms with E-state index in [9.17, 15) is 9.59 Å². The normalized spacial score (nSPS) is 11.8. The van der Waals surface area contributed by atoms with Crippen molar-refractivity contribution in [3.05, 3.63) is 59.7 Å². The van der Waals surface area contributed by atoms with E-state index in [2.05, 4.69) is 29.4 Å². The third-order valence-electron chi connectivity index (χ3n) is 5.18. The smallest absolute Gasteiger partial charge is 0.255 e. The number of Topliss-reactive ketones (excluding diaryl/α,β-unsaturated/α-hetero) is 1. The fourth-order valence-electron chi connectivity index (χ4n) is 3.29. The first-order valence-corrected chi connectivity index (χ1v) is 10.6. The standard InChI is InChI=1S/C24H33N3O3/c1-5-21(23(28)18-11-9-8-10-12-18)26-19-13-14-20(22(17-19)30-4)24(29)25-15-16-27(6-2)7-3/h8-14,17,21,26H,5-7,15-16H2,1-4H3,(H,25,29). The van der Waals surface area contributed by atoms with Crippen molar-refractivity contribution in [2.45, 2.75) is 33.2 Å². The van der Waals surface area contributed by atoms with Gasteiger partial charge in [0.25, 0.3) is 5.91 Å². The van der Waals surface area contributed by atoms with E-state index in [1.165, 1.54) is 7.11 Å². The van der Waals surface area contributed by atoms with Crippen LogP contribution in [-0.2, 0) is 0 Å². The van der Waals surface area contributed by atoms with Crippen LogP contribution >= 0.6 is 0 Å². The maximum atomic E-state index is 12.8. The predicted molar refractivity (Wildman–Crippen MR) is 122 cm³/mol. The molecule has 0 aliphatic heterocycles. The summed E-state index contributed by atoms with van der Waals surface area (Å²) in [7, 11) is 1.54. The number of nitrogens with one attached hydrogen (secondary N) is 2. The lowest BCUT2D eigenvalue weighted by atomic mass is 10.0. The first-order chi connectivity index (χ1) is 14.5. The molecule has 6 nitrogen and oxygen atoms in total. The van der Waals surface area contributed by atoms with Crippen LogP contribution in [0.1, 0.15) is 47.9 Å². The molecule has 30 heavy (non-hydrogen) atoms. The number of hydrogen-bond donors (Lipinski definition) is 2. The van der Waals surface area contributed by atoms with Gasteiger partial charge in [0.15, 0.2) is 5.78 Å². The van der Waals surface area contributed by atoms with Gasteiger partial charge in [0.2, 0.25) is 0 Å². The van der Waals surface area contributed by atoms with Gasteiger partial charge in [-0.2, -0.15) is 0 Å². The van der Waals surface area contributed by atoms with Gasteiger partial charge in [-0.25, -0.2) is 0 Å². The summed E-state index contributed by atoms with van der Waals surface area (Å²) < 4.78 is 5.44. The number of rotatable bonds is 12. The molecule has 1 amide bonds. The zero-order chi connectivity index (χ0) is 21.9. The maximum Gasteiger partial charge on any atom is 0.255 e. The molecule has 0 radical (unpaired) electrons. The molecule has 0 aliphatic rings. The Labute approximate surface area is 179 Å². The molecular formula is C24H33N3O3. The topological polar surface area (TPSA) is 70.7 Å². The molecule has 0 saturated heterocycles. The fraction of sp³-hybridized carbons (Fsp3) is 0.417. The summed E-state index contributed by atoms with van der Waals surface area (Å²) in [6.07, 6.45) is 0.642. The van der Waals surface area contributed by atoms with E-state index >= 15 is 0 Å². The van der Waals surface area contributed by atoms with Crippen LogP contribution in [0.3, 0.4) is 0 Å². The highest BCUT2D eigenvalue weighted by atomic mass is 16.5. The number of ketones is 1. The lowest BCUT2D eigenvalue weighted by Gasteiger charge is -2.19. The molecule has 1 unspecified atom stereocenters. The lowest BCUT2D eigenvalue weighted by Crippen LogP contribution is -2.35. The Balaban J connectivity index is 2.07. The van der Waals surface area contributed by atoms with Gasteiger partial charge in [0, 0.05) is 30.4 Å². The molecule has 0 fully saturated rings. The highest BCUT2D eigenvalue weighted by molar-refractivity contribution is 6.02. The molecule has 1 atom stereocenters. The second kappa shape index (κ2) is 12.0. The average molecular weight is 412 g/mol. The monoisotopic (exact) mass is 411 g/mol. The summed E-state index contributed by atoms with van der Waals surface area (Å²) in [6, 6.07) is 14.2. The fourth-order valence-corrected chi connectivity index (χ4v) is 3.29. The van der Waals surface area contributed by atoms with Crippen LogP contribution in [0.25, 0.3) is 0 Å². The van der Waals surface area contributed by atoms with Crippen LogP contribution in [0.5, 0.6) is 5.75 Å². The quantitative estimate of drug-likeness (QED) is 0.519. The summed E-state index contributed by atoms with van der Waals surface area (Å²) in [5, 5.41) is 6.22. The SMILES string of the molecule is CCC(Nc1ccc(C(=O)NCCN(CC)CC)c(OC)c1)C(=O)c1ccccc1. The number of hydrogen-bond acceptors (Lipinski definition) is 5. The molecule has 2 aromatic carbocycles. The van der Waals surface area contributed by atoms with Gasteiger partial charge < -0.3 is 20.3 Å². The molecule has 0 spiro atoms. The highest BCUT2D eigenvalue weighted by Gasteiger charge is 2.19. The molecule has 0 aromatic heterocycles. The number of carbonyl (C=O) groups excluding carboxylic acids is 2. The Morgan fingerprint density at radius 1 is 1.03 bits per heavy atom. The van der Waals surface area contributed by atoms with Crippen molar-refractivity contribution in [1.29, 1.82) is 0 Å². The number of anilines is 1. The maximum absolute atomic E-state index is 12.8. The molecule has 0 heterocycles. The van der Waals surface area contributed by atoms with Crippen molar-refractivity contribution < 1.29 is 14.3 Å². The number of nitrogens with zero attached hydrogens (tertiary/aromatic N) is 1. The van der Waals surface area contributed by atoms with Gasteiger partial charge >= 0.3 is 0 Å². The first-order valence-electron chi connectivity index (χ1n) is 10.6. The summed E-state index contributed by atoms with van der Waals surface area (Å²) in [6.45, 7) is 9.46. The Morgan fingerprint density at radius 2 is 1.73 bits per heavy atom. The van der Waals surface area contributed by atoms with Crippen LogP contribution in [0.15, 0.2) is 48.5 Å². The zero-order valence-corrected chi connectivity index (χ0v) is 18.4. The Kier molecular flexibility index (Phi) is 9.35. The predicted octanol–water partition coefficient (Wildman–Crippen LogP) is 3.84. The minimum atomic E-state index is -0.356. The number of ether oxygens (including phenoxy) is 1. The Bertz CT molecular complexity index is 820. The van der Waals surface area contributed by atoms with Gasteiger partial charge in [0.1, 0.15) is 5.75 Å². The summed E-state index contributed by atoms with van der Waals surface area (Å²) >= 11 is 0. The van der Waals surface area contributed by atoms with Crippen molar-refractivity contribution in [2.24, 2.45) is 0 Å². The minimum absolute atomic E-state index is 0.0373. The van der Waals surface area contributed by atoms with Gasteiger partial charge in [-0.15, -0.1) is 0 Å². The number of amides is 1. The van der Waals surface area contributed by atoms with E-state index in [4.69, 9.17) is 4.74 Å². The van der Waals surface area contributed by atoms with Crippen molar-refractivity contribution in [1.82, 2.24) is 10.2 Å². The molecule has 0 bridgehead atoms. The van der Waals surface area contributed by atoms with E-state index in [0.717, 1.165) is 25.3 Å². The minimum Gasteiger partial charge on any atom is -0.496 e.